The van der Waals surface area contributed by atoms with E-state index in [0.717, 1.165) is 17.5 Å². The summed E-state index contributed by atoms with van der Waals surface area (Å²) in [5.74, 6) is 2.29. The number of nitrogens with zero attached hydrogens (tertiary/aromatic N) is 4. The number of methoxy groups -OCH3 is 1. The van der Waals surface area contributed by atoms with Gasteiger partial charge in [0.05, 0.1) is 13.2 Å². The van der Waals surface area contributed by atoms with Crippen LogP contribution in [0.25, 0.3) is 11.4 Å². The van der Waals surface area contributed by atoms with E-state index in [4.69, 9.17) is 14.0 Å². The van der Waals surface area contributed by atoms with Crippen LogP contribution in [0, 0.1) is 6.92 Å². The highest BCUT2D eigenvalue weighted by Gasteiger charge is 2.28. The van der Waals surface area contributed by atoms with Gasteiger partial charge in [0.25, 0.3) is 5.91 Å². The van der Waals surface area contributed by atoms with Gasteiger partial charge in [0.1, 0.15) is 0 Å². The highest BCUT2D eigenvalue weighted by Crippen LogP contribution is 2.29. The van der Waals surface area contributed by atoms with Crippen LogP contribution in [0.5, 0.6) is 11.5 Å². The molecule has 2 aromatic carbocycles. The molecule has 8 heteroatoms. The fourth-order valence-corrected chi connectivity index (χ4v) is 4.10. The highest BCUT2D eigenvalue weighted by atomic mass is 16.5. The summed E-state index contributed by atoms with van der Waals surface area (Å²) in [5, 5.41) is 4.15. The van der Waals surface area contributed by atoms with Crippen molar-refractivity contribution in [1.82, 2.24) is 19.9 Å². The van der Waals surface area contributed by atoms with E-state index >= 15 is 0 Å². The molecule has 8 nitrogen and oxygen atoms in total. The third-order valence-corrected chi connectivity index (χ3v) is 6.28. The van der Waals surface area contributed by atoms with Gasteiger partial charge < -0.3 is 18.9 Å². The summed E-state index contributed by atoms with van der Waals surface area (Å²) in [6.07, 6.45) is 2.58. The fraction of sp³-hybridized carbons (Fsp3) is 0.370. The molecule has 4 rings (SSSR count). The number of hydrogen-bond donors (Lipinski definition) is 0. The van der Waals surface area contributed by atoms with E-state index < -0.39 is 0 Å². The van der Waals surface area contributed by atoms with Crippen molar-refractivity contribution in [3.8, 4) is 22.9 Å². The summed E-state index contributed by atoms with van der Waals surface area (Å²) in [5.41, 5.74) is 3.19. The third kappa shape index (κ3) is 5.89. The predicted molar refractivity (Wildman–Crippen MR) is 133 cm³/mol. The second kappa shape index (κ2) is 11.2. The Morgan fingerprint density at radius 3 is 2.57 bits per heavy atom. The smallest absolute Gasteiger partial charge is 0.260 e. The van der Waals surface area contributed by atoms with Crippen LogP contribution in [0.3, 0.4) is 0 Å². The minimum atomic E-state index is -0.0472. The molecule has 0 radical (unpaired) electrons. The van der Waals surface area contributed by atoms with E-state index in [-0.39, 0.29) is 18.6 Å². The number of piperazine rings is 1. The molecule has 0 bridgehead atoms. The van der Waals surface area contributed by atoms with E-state index in [1.165, 1.54) is 5.56 Å². The van der Waals surface area contributed by atoms with E-state index in [0.29, 0.717) is 49.4 Å². The first kappa shape index (κ1) is 24.5. The summed E-state index contributed by atoms with van der Waals surface area (Å²) < 4.78 is 16.8. The molecule has 1 fully saturated rings. The van der Waals surface area contributed by atoms with Gasteiger partial charge in [0, 0.05) is 31.7 Å². The van der Waals surface area contributed by atoms with Gasteiger partial charge in [-0.1, -0.05) is 47.1 Å². The normalized spacial score (nSPS) is 15.0. The largest absolute Gasteiger partial charge is 0.493 e. The molecule has 3 aromatic rings. The molecule has 0 aliphatic carbocycles. The molecule has 1 saturated heterocycles. The average Bonchev–Trinajstić information content (AvgIpc) is 3.38. The number of aryl methyl sites for hydroxylation is 1. The van der Waals surface area contributed by atoms with Gasteiger partial charge in [-0.25, -0.2) is 0 Å². The lowest BCUT2D eigenvalue weighted by Crippen LogP contribution is -2.50. The summed E-state index contributed by atoms with van der Waals surface area (Å²) in [7, 11) is 1.59. The number of ether oxygens (including phenoxy) is 2. The number of aromatic nitrogens is 2. The zero-order valence-electron chi connectivity index (χ0n) is 20.6. The Hall–Kier alpha value is -3.65. The molecule has 1 unspecified atom stereocenters. The van der Waals surface area contributed by atoms with Gasteiger partial charge >= 0.3 is 0 Å². The van der Waals surface area contributed by atoms with E-state index in [2.05, 4.69) is 28.5 Å². The fourth-order valence-electron chi connectivity index (χ4n) is 4.10. The van der Waals surface area contributed by atoms with Gasteiger partial charge in [-0.2, -0.15) is 4.98 Å². The molecule has 184 valence electrons. The van der Waals surface area contributed by atoms with Crippen LogP contribution in [0.4, 0.5) is 0 Å². The maximum atomic E-state index is 12.8. The molecular weight excluding hydrogens is 444 g/mol. The average molecular weight is 477 g/mol. The number of hydrogen-bond acceptors (Lipinski definition) is 7. The summed E-state index contributed by atoms with van der Waals surface area (Å²) in [6, 6.07) is 13.7. The van der Waals surface area contributed by atoms with Crippen molar-refractivity contribution in [2.45, 2.75) is 26.3 Å². The van der Waals surface area contributed by atoms with Gasteiger partial charge in [-0.3, -0.25) is 9.69 Å². The van der Waals surface area contributed by atoms with Gasteiger partial charge in [-0.05, 0) is 38.0 Å². The summed E-state index contributed by atoms with van der Waals surface area (Å²) in [4.78, 5) is 21.4. The number of allylic oxidation sites excluding steroid dienone is 1. The number of carbonyl (C=O) groups excluding carboxylic acids is 1. The Morgan fingerprint density at radius 1 is 1.14 bits per heavy atom. The Morgan fingerprint density at radius 2 is 1.89 bits per heavy atom. The van der Waals surface area contributed by atoms with E-state index in [9.17, 15) is 4.79 Å². The molecule has 0 N–H and O–H groups in total. The van der Waals surface area contributed by atoms with Gasteiger partial charge in [-0.15, -0.1) is 6.58 Å². The lowest BCUT2D eigenvalue weighted by molar-refractivity contribution is -0.135. The van der Waals surface area contributed by atoms with Crippen LogP contribution in [0.1, 0.15) is 30.0 Å². The SMILES string of the molecule is C=CCc1ccc(OCC(=O)N2CCN(C(C)c3nc(-c4ccc(C)cc4)no3)CC2)c(OC)c1. The molecule has 1 aliphatic rings. The quantitative estimate of drug-likeness (QED) is 0.431. The Labute approximate surface area is 206 Å². The number of benzene rings is 2. The van der Waals surface area contributed by atoms with Crippen molar-refractivity contribution in [1.29, 1.82) is 0 Å². The molecule has 0 spiro atoms. The van der Waals surface area contributed by atoms with Crippen molar-refractivity contribution >= 4 is 5.91 Å². The molecule has 1 amide bonds. The van der Waals surface area contributed by atoms with Crippen molar-refractivity contribution in [2.75, 3.05) is 39.9 Å². The minimum absolute atomic E-state index is 0.0315. The molecule has 1 atom stereocenters. The van der Waals surface area contributed by atoms with E-state index in [1.807, 2.05) is 60.4 Å². The number of rotatable bonds is 9. The summed E-state index contributed by atoms with van der Waals surface area (Å²) in [6.45, 7) is 10.5. The molecular formula is C27H32N4O4. The predicted octanol–water partition coefficient (Wildman–Crippen LogP) is 4.07. The van der Waals surface area contributed by atoms with Gasteiger partial charge in [0.15, 0.2) is 18.1 Å². The second-order valence-corrected chi connectivity index (χ2v) is 8.68. The van der Waals surface area contributed by atoms with Crippen molar-refractivity contribution in [3.63, 3.8) is 0 Å². The maximum absolute atomic E-state index is 12.8. The molecule has 2 heterocycles. The first-order valence-corrected chi connectivity index (χ1v) is 11.8. The van der Waals surface area contributed by atoms with Crippen LogP contribution < -0.4 is 9.47 Å². The monoisotopic (exact) mass is 476 g/mol. The van der Waals surface area contributed by atoms with E-state index in [1.54, 1.807) is 7.11 Å². The highest BCUT2D eigenvalue weighted by molar-refractivity contribution is 5.78. The van der Waals surface area contributed by atoms with Crippen LogP contribution in [-0.2, 0) is 11.2 Å². The third-order valence-electron chi connectivity index (χ3n) is 6.28. The molecule has 1 aromatic heterocycles. The van der Waals surface area contributed by atoms with Gasteiger partial charge in [0.2, 0.25) is 11.7 Å². The van der Waals surface area contributed by atoms with Crippen LogP contribution in [-0.4, -0.2) is 65.7 Å². The second-order valence-electron chi connectivity index (χ2n) is 8.68. The zero-order valence-corrected chi connectivity index (χ0v) is 20.6. The lowest BCUT2D eigenvalue weighted by Gasteiger charge is -2.36. The van der Waals surface area contributed by atoms with Crippen LogP contribution >= 0.6 is 0 Å². The topological polar surface area (TPSA) is 80.9 Å². The van der Waals surface area contributed by atoms with Crippen LogP contribution in [0.15, 0.2) is 59.6 Å². The number of amides is 1. The summed E-state index contributed by atoms with van der Waals surface area (Å²) >= 11 is 0. The van der Waals surface area contributed by atoms with Crippen molar-refractivity contribution in [2.24, 2.45) is 0 Å². The zero-order chi connectivity index (χ0) is 24.8. The first-order valence-electron chi connectivity index (χ1n) is 11.8. The Kier molecular flexibility index (Phi) is 7.82. The van der Waals surface area contributed by atoms with Crippen molar-refractivity contribution in [3.05, 3.63) is 72.1 Å². The minimum Gasteiger partial charge on any atom is -0.493 e. The maximum Gasteiger partial charge on any atom is 0.260 e. The molecule has 35 heavy (non-hydrogen) atoms. The van der Waals surface area contributed by atoms with Crippen LogP contribution in [0.2, 0.25) is 0 Å². The standard InChI is InChI=1S/C27H32N4O4/c1-5-6-21-9-12-23(24(17-21)33-4)34-18-25(32)31-15-13-30(14-16-31)20(3)27-28-26(29-35-27)22-10-7-19(2)8-11-22/h5,7-12,17,20H,1,6,13-16,18H2,2-4H3. The Balaban J connectivity index is 1.29. The molecule has 0 saturated carbocycles. The Bertz CT molecular complexity index is 1150. The van der Waals surface area contributed by atoms with Crippen molar-refractivity contribution < 1.29 is 18.8 Å². The number of carbonyl (C=O) groups is 1. The first-order chi connectivity index (χ1) is 17.0. The lowest BCUT2D eigenvalue weighted by atomic mass is 10.1. The molecule has 1 aliphatic heterocycles.